The first-order valence-electron chi connectivity index (χ1n) is 6.35. The van der Waals surface area contributed by atoms with E-state index in [1.54, 1.807) is 17.4 Å². The molecule has 1 aromatic heterocycles. The number of aryl methyl sites for hydroxylation is 1. The minimum Gasteiger partial charge on any atom is -0.506 e. The topological polar surface area (TPSA) is 88.2 Å². The number of amides is 1. The Kier molecular flexibility index (Phi) is 4.24. The summed E-state index contributed by atoms with van der Waals surface area (Å²) in [6, 6.07) is 4.27. The number of hydrogen-bond acceptors (Lipinski definition) is 5. The molecule has 0 spiro atoms. The average Bonchev–Trinajstić information content (AvgIpc) is 2.90. The van der Waals surface area contributed by atoms with Crippen molar-refractivity contribution in [2.45, 2.75) is 26.3 Å². The maximum atomic E-state index is 12.1. The second kappa shape index (κ2) is 5.92. The first kappa shape index (κ1) is 14.3. The van der Waals surface area contributed by atoms with E-state index in [9.17, 15) is 9.90 Å². The van der Waals surface area contributed by atoms with Crippen LogP contribution in [0.5, 0.6) is 5.75 Å². The number of aromatic nitrogens is 1. The minimum absolute atomic E-state index is 0.0900. The van der Waals surface area contributed by atoms with Crippen LogP contribution in [0.4, 0.5) is 5.69 Å². The van der Waals surface area contributed by atoms with Crippen LogP contribution in [0.2, 0.25) is 0 Å². The maximum absolute atomic E-state index is 12.1. The number of nitrogens with one attached hydrogen (secondary N) is 1. The summed E-state index contributed by atoms with van der Waals surface area (Å²) in [6.07, 6.45) is 2.77. The zero-order valence-electron chi connectivity index (χ0n) is 11.4. The molecule has 6 heteroatoms. The van der Waals surface area contributed by atoms with E-state index in [-0.39, 0.29) is 23.4 Å². The van der Waals surface area contributed by atoms with Gasteiger partial charge >= 0.3 is 0 Å². The number of nitrogens with two attached hydrogens (primary N) is 1. The highest BCUT2D eigenvalue weighted by Gasteiger charge is 2.15. The predicted molar refractivity (Wildman–Crippen MR) is 79.9 cm³/mol. The highest BCUT2D eigenvalue weighted by atomic mass is 32.1. The highest BCUT2D eigenvalue weighted by Crippen LogP contribution is 2.23. The number of carbonyl (C=O) groups excluding carboxylic acids is 1. The number of aromatic hydroxyl groups is 1. The summed E-state index contributed by atoms with van der Waals surface area (Å²) in [5, 5.41) is 13.2. The molecule has 20 heavy (non-hydrogen) atoms. The van der Waals surface area contributed by atoms with Crippen molar-refractivity contribution in [2.75, 3.05) is 5.73 Å². The Bertz CT molecular complexity index is 625. The van der Waals surface area contributed by atoms with Crippen LogP contribution in [-0.4, -0.2) is 16.0 Å². The summed E-state index contributed by atoms with van der Waals surface area (Å²) in [5.74, 6) is -0.353. The standard InChI is InChI=1S/C14H17N3O2S/c1-3-10-7-16-14(20-10)8(2)17-13(19)9-4-5-11(15)12(18)6-9/h4-8,18H,3,15H2,1-2H3,(H,17,19). The number of carbonyl (C=O) groups is 1. The fourth-order valence-corrected chi connectivity index (χ4v) is 2.57. The Balaban J connectivity index is 2.08. The van der Waals surface area contributed by atoms with Crippen LogP contribution in [0.15, 0.2) is 24.4 Å². The van der Waals surface area contributed by atoms with Gasteiger partial charge in [0.2, 0.25) is 0 Å². The Morgan fingerprint density at radius 1 is 1.55 bits per heavy atom. The third kappa shape index (κ3) is 3.08. The lowest BCUT2D eigenvalue weighted by molar-refractivity contribution is 0.0939. The first-order chi connectivity index (χ1) is 9.51. The number of hydrogen-bond donors (Lipinski definition) is 3. The molecule has 0 fully saturated rings. The number of rotatable bonds is 4. The summed E-state index contributed by atoms with van der Waals surface area (Å²) in [5.41, 5.74) is 6.13. The normalized spacial score (nSPS) is 12.1. The first-order valence-corrected chi connectivity index (χ1v) is 7.17. The van der Waals surface area contributed by atoms with Gasteiger partial charge in [0, 0.05) is 16.6 Å². The van der Waals surface area contributed by atoms with Crippen LogP contribution in [-0.2, 0) is 6.42 Å². The van der Waals surface area contributed by atoms with E-state index in [0.717, 1.165) is 11.4 Å². The number of thiazole rings is 1. The Hall–Kier alpha value is -2.08. The van der Waals surface area contributed by atoms with Crippen molar-refractivity contribution in [1.29, 1.82) is 0 Å². The average molecular weight is 291 g/mol. The van der Waals surface area contributed by atoms with E-state index < -0.39 is 0 Å². The van der Waals surface area contributed by atoms with Crippen molar-refractivity contribution in [2.24, 2.45) is 0 Å². The van der Waals surface area contributed by atoms with E-state index in [4.69, 9.17) is 5.73 Å². The fourth-order valence-electron chi connectivity index (χ4n) is 1.71. The van der Waals surface area contributed by atoms with Crippen LogP contribution in [0.3, 0.4) is 0 Å². The van der Waals surface area contributed by atoms with Crippen molar-refractivity contribution >= 4 is 22.9 Å². The van der Waals surface area contributed by atoms with E-state index in [2.05, 4.69) is 17.2 Å². The van der Waals surface area contributed by atoms with E-state index in [0.29, 0.717) is 5.56 Å². The second-order valence-electron chi connectivity index (χ2n) is 4.49. The molecular weight excluding hydrogens is 274 g/mol. The van der Waals surface area contributed by atoms with Gasteiger partial charge in [0.05, 0.1) is 11.7 Å². The van der Waals surface area contributed by atoms with Crippen LogP contribution in [0, 0.1) is 0 Å². The Morgan fingerprint density at radius 3 is 2.90 bits per heavy atom. The van der Waals surface area contributed by atoms with Crippen LogP contribution < -0.4 is 11.1 Å². The maximum Gasteiger partial charge on any atom is 0.251 e. The van der Waals surface area contributed by atoms with Gasteiger partial charge in [0.25, 0.3) is 5.91 Å². The van der Waals surface area contributed by atoms with Gasteiger partial charge in [0.15, 0.2) is 0 Å². The molecule has 0 bridgehead atoms. The summed E-state index contributed by atoms with van der Waals surface area (Å²) < 4.78 is 0. The third-order valence-corrected chi connectivity index (χ3v) is 4.25. The van der Waals surface area contributed by atoms with E-state index in [1.165, 1.54) is 17.0 Å². The van der Waals surface area contributed by atoms with Gasteiger partial charge in [-0.1, -0.05) is 6.92 Å². The lowest BCUT2D eigenvalue weighted by Gasteiger charge is -2.11. The van der Waals surface area contributed by atoms with Crippen LogP contribution in [0.1, 0.15) is 40.1 Å². The SMILES string of the molecule is CCc1cnc(C(C)NC(=O)c2ccc(N)c(O)c2)s1. The molecule has 5 nitrogen and oxygen atoms in total. The molecule has 1 aromatic carbocycles. The number of phenolic OH excluding ortho intramolecular Hbond substituents is 1. The molecule has 0 saturated heterocycles. The lowest BCUT2D eigenvalue weighted by Crippen LogP contribution is -2.26. The number of benzene rings is 1. The summed E-state index contributed by atoms with van der Waals surface area (Å²) in [7, 11) is 0. The zero-order valence-corrected chi connectivity index (χ0v) is 12.2. The molecule has 2 rings (SSSR count). The molecule has 0 aliphatic carbocycles. The molecule has 106 valence electrons. The molecule has 1 unspecified atom stereocenters. The quantitative estimate of drug-likeness (QED) is 0.596. The van der Waals surface area contributed by atoms with E-state index in [1.807, 2.05) is 13.1 Å². The van der Waals surface area contributed by atoms with Gasteiger partial charge in [0.1, 0.15) is 10.8 Å². The largest absolute Gasteiger partial charge is 0.506 e. The summed E-state index contributed by atoms with van der Waals surface area (Å²) in [6.45, 7) is 3.95. The number of phenols is 1. The number of anilines is 1. The van der Waals surface area contributed by atoms with Gasteiger partial charge in [-0.15, -0.1) is 11.3 Å². The molecule has 0 aliphatic rings. The van der Waals surface area contributed by atoms with Gasteiger partial charge in [-0.25, -0.2) is 4.98 Å². The zero-order chi connectivity index (χ0) is 14.7. The molecule has 4 N–H and O–H groups in total. The number of nitrogen functional groups attached to an aromatic ring is 1. The van der Waals surface area contributed by atoms with Crippen molar-refractivity contribution < 1.29 is 9.90 Å². The van der Waals surface area contributed by atoms with E-state index >= 15 is 0 Å². The van der Waals surface area contributed by atoms with Gasteiger partial charge in [-0.2, -0.15) is 0 Å². The molecule has 0 saturated carbocycles. The Labute approximate surface area is 121 Å². The molecule has 1 heterocycles. The van der Waals surface area contributed by atoms with Crippen molar-refractivity contribution in [3.63, 3.8) is 0 Å². The lowest BCUT2D eigenvalue weighted by atomic mass is 10.1. The monoisotopic (exact) mass is 291 g/mol. The third-order valence-electron chi connectivity index (χ3n) is 2.93. The van der Waals surface area contributed by atoms with Gasteiger partial charge in [-0.05, 0) is 31.5 Å². The van der Waals surface area contributed by atoms with Crippen molar-refractivity contribution in [1.82, 2.24) is 10.3 Å². The fraction of sp³-hybridized carbons (Fsp3) is 0.286. The highest BCUT2D eigenvalue weighted by molar-refractivity contribution is 7.11. The summed E-state index contributed by atoms with van der Waals surface area (Å²) >= 11 is 1.59. The molecule has 1 atom stereocenters. The molecular formula is C14H17N3O2S. The second-order valence-corrected chi connectivity index (χ2v) is 5.63. The van der Waals surface area contributed by atoms with Crippen molar-refractivity contribution in [3.05, 3.63) is 39.8 Å². The smallest absolute Gasteiger partial charge is 0.251 e. The molecule has 1 amide bonds. The Morgan fingerprint density at radius 2 is 2.30 bits per heavy atom. The molecule has 2 aromatic rings. The van der Waals surface area contributed by atoms with Crippen molar-refractivity contribution in [3.8, 4) is 5.75 Å². The van der Waals surface area contributed by atoms with Crippen LogP contribution >= 0.6 is 11.3 Å². The minimum atomic E-state index is -0.263. The van der Waals surface area contributed by atoms with Gasteiger partial charge in [-0.3, -0.25) is 4.79 Å². The van der Waals surface area contributed by atoms with Gasteiger partial charge < -0.3 is 16.2 Å². The molecule has 0 aliphatic heterocycles. The number of nitrogens with zero attached hydrogens (tertiary/aromatic N) is 1. The van der Waals surface area contributed by atoms with Crippen LogP contribution in [0.25, 0.3) is 0 Å². The molecule has 0 radical (unpaired) electrons. The predicted octanol–water partition coefficient (Wildman–Crippen LogP) is 2.48. The summed E-state index contributed by atoms with van der Waals surface area (Å²) in [4.78, 5) is 17.6.